The Morgan fingerprint density at radius 1 is 1.31 bits per heavy atom. The van der Waals surface area contributed by atoms with Crippen LogP contribution >= 0.6 is 0 Å². The summed E-state index contributed by atoms with van der Waals surface area (Å²) in [5.74, 6) is 0.437. The van der Waals surface area contributed by atoms with Crippen molar-refractivity contribution in [2.75, 3.05) is 7.05 Å². The summed E-state index contributed by atoms with van der Waals surface area (Å²) in [5, 5.41) is 3.03. The SMILES string of the molecule is CN/C(=C\N1C=CC=CC1C)c1ncc(N=CC=C(N)C(F)(F)F)cn1. The van der Waals surface area contributed by atoms with Gasteiger partial charge in [-0.1, -0.05) is 12.2 Å². The Labute approximate surface area is 149 Å². The highest BCUT2D eigenvalue weighted by Crippen LogP contribution is 2.21. The predicted molar refractivity (Wildman–Crippen MR) is 95.1 cm³/mol. The van der Waals surface area contributed by atoms with E-state index in [2.05, 4.69) is 20.3 Å². The van der Waals surface area contributed by atoms with Crippen LogP contribution in [0, 0.1) is 0 Å². The van der Waals surface area contributed by atoms with Crippen molar-refractivity contribution < 1.29 is 13.2 Å². The zero-order valence-corrected chi connectivity index (χ0v) is 14.3. The zero-order valence-electron chi connectivity index (χ0n) is 14.3. The number of halogens is 3. The number of allylic oxidation sites excluding steroid dienone is 4. The maximum Gasteiger partial charge on any atom is 0.430 e. The number of nitrogens with two attached hydrogens (primary N) is 1. The Kier molecular flexibility index (Phi) is 6.16. The molecule has 0 radical (unpaired) electrons. The van der Waals surface area contributed by atoms with Gasteiger partial charge in [0.1, 0.15) is 5.70 Å². The van der Waals surface area contributed by atoms with Gasteiger partial charge >= 0.3 is 6.18 Å². The van der Waals surface area contributed by atoms with Crippen molar-refractivity contribution in [1.82, 2.24) is 20.2 Å². The van der Waals surface area contributed by atoms with Gasteiger partial charge in [0.15, 0.2) is 5.82 Å². The molecule has 138 valence electrons. The van der Waals surface area contributed by atoms with E-state index >= 15 is 0 Å². The summed E-state index contributed by atoms with van der Waals surface area (Å²) in [7, 11) is 1.75. The van der Waals surface area contributed by atoms with Gasteiger partial charge in [0.25, 0.3) is 0 Å². The Balaban J connectivity index is 2.12. The minimum Gasteiger partial charge on any atom is -0.395 e. The average molecular weight is 364 g/mol. The second-order valence-corrected chi connectivity index (χ2v) is 5.37. The summed E-state index contributed by atoms with van der Waals surface area (Å²) in [6.07, 6.45) is 9.63. The molecule has 1 aliphatic rings. The van der Waals surface area contributed by atoms with Crippen molar-refractivity contribution in [2.45, 2.75) is 19.1 Å². The Morgan fingerprint density at radius 2 is 2.00 bits per heavy atom. The van der Waals surface area contributed by atoms with Crippen LogP contribution in [-0.2, 0) is 0 Å². The third kappa shape index (κ3) is 5.20. The number of hydrogen-bond acceptors (Lipinski definition) is 6. The minimum atomic E-state index is -4.58. The van der Waals surface area contributed by atoms with Crippen molar-refractivity contribution in [1.29, 1.82) is 0 Å². The van der Waals surface area contributed by atoms with Crippen LogP contribution in [0.3, 0.4) is 0 Å². The van der Waals surface area contributed by atoms with Gasteiger partial charge in [0, 0.05) is 31.7 Å². The van der Waals surface area contributed by atoms with Crippen LogP contribution < -0.4 is 11.1 Å². The van der Waals surface area contributed by atoms with E-state index in [1.165, 1.54) is 12.4 Å². The maximum absolute atomic E-state index is 12.3. The fourth-order valence-corrected chi connectivity index (χ4v) is 1.98. The van der Waals surface area contributed by atoms with E-state index in [0.29, 0.717) is 23.3 Å². The molecular formula is C17H19F3N6. The molecule has 2 rings (SSSR count). The number of hydrogen-bond donors (Lipinski definition) is 2. The molecule has 3 N–H and O–H groups in total. The first-order chi connectivity index (χ1) is 12.3. The van der Waals surface area contributed by atoms with Crippen LogP contribution in [0.25, 0.3) is 5.70 Å². The largest absolute Gasteiger partial charge is 0.430 e. The molecule has 1 aromatic rings. The topological polar surface area (TPSA) is 79.4 Å². The van der Waals surface area contributed by atoms with Crippen LogP contribution in [0.4, 0.5) is 18.9 Å². The standard InChI is InChI=1S/C17H19F3N6/c1-12-5-3-4-8-26(12)11-14(22-2)16-24-9-13(10-25-16)23-7-6-15(21)17(18,19)20/h3-12,22H,21H2,1-2H3/b14-11-,15-6?,23-7?. The number of aromatic nitrogens is 2. The van der Waals surface area contributed by atoms with Crippen LogP contribution in [0.5, 0.6) is 0 Å². The Morgan fingerprint density at radius 3 is 2.58 bits per heavy atom. The van der Waals surface area contributed by atoms with E-state index in [1.54, 1.807) is 7.05 Å². The minimum absolute atomic E-state index is 0.193. The number of aliphatic imine (C=N–C) groups is 1. The van der Waals surface area contributed by atoms with Gasteiger partial charge in [0.2, 0.25) is 0 Å². The molecule has 0 aliphatic carbocycles. The number of nitrogens with zero attached hydrogens (tertiary/aromatic N) is 4. The summed E-state index contributed by atoms with van der Waals surface area (Å²) >= 11 is 0. The van der Waals surface area contributed by atoms with Crippen LogP contribution in [0.2, 0.25) is 0 Å². The van der Waals surface area contributed by atoms with E-state index in [9.17, 15) is 13.2 Å². The molecule has 6 nitrogen and oxygen atoms in total. The van der Waals surface area contributed by atoms with Crippen LogP contribution in [0.1, 0.15) is 12.7 Å². The third-order valence-electron chi connectivity index (χ3n) is 3.46. The second kappa shape index (κ2) is 8.32. The van der Waals surface area contributed by atoms with E-state index in [-0.39, 0.29) is 6.04 Å². The van der Waals surface area contributed by atoms with Crippen molar-refractivity contribution in [3.05, 3.63) is 60.6 Å². The van der Waals surface area contributed by atoms with Gasteiger partial charge in [-0.2, -0.15) is 13.2 Å². The smallest absolute Gasteiger partial charge is 0.395 e. The third-order valence-corrected chi connectivity index (χ3v) is 3.46. The van der Waals surface area contributed by atoms with E-state index in [1.807, 2.05) is 42.5 Å². The lowest BCUT2D eigenvalue weighted by molar-refractivity contribution is -0.0925. The van der Waals surface area contributed by atoms with Crippen molar-refractivity contribution >= 4 is 17.6 Å². The van der Waals surface area contributed by atoms with Gasteiger partial charge in [0.05, 0.1) is 23.8 Å². The summed E-state index contributed by atoms with van der Waals surface area (Å²) in [4.78, 5) is 14.2. The van der Waals surface area contributed by atoms with E-state index < -0.39 is 11.9 Å². The molecule has 26 heavy (non-hydrogen) atoms. The molecule has 0 saturated carbocycles. The first kappa shape index (κ1) is 19.2. The average Bonchev–Trinajstić information content (AvgIpc) is 2.61. The number of nitrogens with one attached hydrogen (secondary N) is 1. The summed E-state index contributed by atoms with van der Waals surface area (Å²) in [5.41, 5.74) is 4.65. The second-order valence-electron chi connectivity index (χ2n) is 5.37. The quantitative estimate of drug-likeness (QED) is 0.786. The summed E-state index contributed by atoms with van der Waals surface area (Å²) < 4.78 is 36.8. The van der Waals surface area contributed by atoms with E-state index in [4.69, 9.17) is 5.73 Å². The van der Waals surface area contributed by atoms with Gasteiger partial charge in [-0.3, -0.25) is 4.99 Å². The lowest BCUT2D eigenvalue weighted by Gasteiger charge is -2.24. The number of alkyl halides is 3. The van der Waals surface area contributed by atoms with Gasteiger partial charge in [-0.05, 0) is 19.1 Å². The van der Waals surface area contributed by atoms with Gasteiger partial charge in [-0.25, -0.2) is 9.97 Å². The normalized spacial score (nSPS) is 18.7. The molecule has 1 aromatic heterocycles. The predicted octanol–water partition coefficient (Wildman–Crippen LogP) is 2.88. The molecule has 0 aromatic carbocycles. The van der Waals surface area contributed by atoms with Gasteiger partial charge in [-0.15, -0.1) is 0 Å². The lowest BCUT2D eigenvalue weighted by Crippen LogP contribution is -2.24. The maximum atomic E-state index is 12.3. The molecule has 2 heterocycles. The van der Waals surface area contributed by atoms with Crippen molar-refractivity contribution in [2.24, 2.45) is 10.7 Å². The lowest BCUT2D eigenvalue weighted by atomic mass is 10.2. The monoisotopic (exact) mass is 364 g/mol. The summed E-state index contributed by atoms with van der Waals surface area (Å²) in [6, 6.07) is 0.193. The zero-order chi connectivity index (χ0) is 19.2. The van der Waals surface area contributed by atoms with Crippen molar-refractivity contribution in [3.8, 4) is 0 Å². The molecule has 0 saturated heterocycles. The van der Waals surface area contributed by atoms with E-state index in [0.717, 1.165) is 6.21 Å². The fourth-order valence-electron chi connectivity index (χ4n) is 1.98. The molecule has 0 amide bonds. The molecule has 0 fully saturated rings. The van der Waals surface area contributed by atoms with Crippen LogP contribution in [0.15, 0.2) is 59.8 Å². The molecule has 9 heteroatoms. The van der Waals surface area contributed by atoms with Gasteiger partial charge < -0.3 is 16.0 Å². The first-order valence-electron chi connectivity index (χ1n) is 7.72. The molecule has 0 spiro atoms. The highest BCUT2D eigenvalue weighted by molar-refractivity contribution is 5.75. The number of rotatable bonds is 5. The Hall–Kier alpha value is -3.10. The highest BCUT2D eigenvalue weighted by Gasteiger charge is 2.30. The molecule has 1 unspecified atom stereocenters. The highest BCUT2D eigenvalue weighted by atomic mass is 19.4. The van der Waals surface area contributed by atoms with Crippen molar-refractivity contribution in [3.63, 3.8) is 0 Å². The molecule has 1 atom stereocenters. The van der Waals surface area contributed by atoms with Crippen LogP contribution in [-0.4, -0.2) is 40.3 Å². The molecule has 0 bridgehead atoms. The molecule has 1 aliphatic heterocycles. The summed E-state index contributed by atoms with van der Waals surface area (Å²) in [6.45, 7) is 2.04. The Bertz CT molecular complexity index is 760. The molecular weight excluding hydrogens is 345 g/mol. The first-order valence-corrected chi connectivity index (χ1v) is 7.72. The fraction of sp³-hybridized carbons (Fsp3) is 0.235.